The number of carbonyl (C=O) groups is 1. The maximum Gasteiger partial charge on any atom is 0.240 e. The van der Waals surface area contributed by atoms with Crippen LogP contribution < -0.4 is 5.32 Å². The molecule has 122 valence electrons. The highest BCUT2D eigenvalue weighted by molar-refractivity contribution is 8.15. The van der Waals surface area contributed by atoms with Crippen molar-refractivity contribution in [3.63, 3.8) is 0 Å². The minimum atomic E-state index is -0.644. The molecule has 2 heterocycles. The second-order valence-electron chi connectivity index (χ2n) is 5.89. The molecule has 0 atom stereocenters. The monoisotopic (exact) mass is 338 g/mol. The van der Waals surface area contributed by atoms with E-state index in [1.165, 1.54) is 11.8 Å². The van der Waals surface area contributed by atoms with Crippen molar-refractivity contribution in [2.45, 2.75) is 25.0 Å². The molecule has 1 aromatic heterocycles. The van der Waals surface area contributed by atoms with E-state index < -0.39 is 4.75 Å². The van der Waals surface area contributed by atoms with Gasteiger partial charge in [0, 0.05) is 30.1 Å². The molecule has 0 radical (unpaired) electrons. The van der Waals surface area contributed by atoms with Crippen LogP contribution in [0.5, 0.6) is 0 Å². The Hall–Kier alpha value is -2.47. The summed E-state index contributed by atoms with van der Waals surface area (Å²) in [5.41, 5.74) is 2.63. The highest BCUT2D eigenvalue weighted by Crippen LogP contribution is 2.31. The van der Waals surface area contributed by atoms with Crippen LogP contribution in [0, 0.1) is 0 Å². The molecule has 6 heteroatoms. The van der Waals surface area contributed by atoms with E-state index >= 15 is 0 Å². The van der Waals surface area contributed by atoms with Crippen LogP contribution in [0.15, 0.2) is 65.1 Å². The molecule has 0 bridgehead atoms. The molecule has 0 saturated carbocycles. The van der Waals surface area contributed by atoms with E-state index in [1.54, 1.807) is 12.4 Å². The Morgan fingerprint density at radius 1 is 1.12 bits per heavy atom. The Morgan fingerprint density at radius 2 is 1.92 bits per heavy atom. The summed E-state index contributed by atoms with van der Waals surface area (Å²) in [5, 5.41) is 12.2. The predicted molar refractivity (Wildman–Crippen MR) is 99.6 cm³/mol. The van der Waals surface area contributed by atoms with Gasteiger partial charge >= 0.3 is 0 Å². The van der Waals surface area contributed by atoms with Crippen LogP contribution in [-0.2, 0) is 4.79 Å². The third-order valence-electron chi connectivity index (χ3n) is 3.55. The van der Waals surface area contributed by atoms with E-state index in [4.69, 9.17) is 0 Å². The maximum absolute atomic E-state index is 12.5. The summed E-state index contributed by atoms with van der Waals surface area (Å²) in [6, 6.07) is 13.3. The fourth-order valence-corrected chi connectivity index (χ4v) is 3.25. The number of hydrogen-bond acceptors (Lipinski definition) is 5. The van der Waals surface area contributed by atoms with Crippen LogP contribution in [0.25, 0.3) is 0 Å². The third kappa shape index (κ3) is 3.89. The van der Waals surface area contributed by atoms with Crippen LogP contribution in [0.2, 0.25) is 0 Å². The molecule has 2 aromatic rings. The average molecular weight is 338 g/mol. The number of rotatable bonds is 4. The van der Waals surface area contributed by atoms with Crippen molar-refractivity contribution in [1.29, 1.82) is 0 Å². The normalized spacial score (nSPS) is 14.1. The van der Waals surface area contributed by atoms with Gasteiger partial charge < -0.3 is 5.32 Å². The van der Waals surface area contributed by atoms with E-state index in [0.29, 0.717) is 6.42 Å². The lowest BCUT2D eigenvalue weighted by molar-refractivity contribution is -0.117. The molecular weight excluding hydrogens is 320 g/mol. The quantitative estimate of drug-likeness (QED) is 0.923. The van der Waals surface area contributed by atoms with Gasteiger partial charge in [-0.3, -0.25) is 9.78 Å². The Balaban J connectivity index is 1.60. The van der Waals surface area contributed by atoms with Gasteiger partial charge in [0.1, 0.15) is 5.04 Å². The Labute approximate surface area is 145 Å². The van der Waals surface area contributed by atoms with Crippen molar-refractivity contribution in [2.24, 2.45) is 10.2 Å². The minimum Gasteiger partial charge on any atom is -0.325 e. The molecule has 1 N–H and O–H groups in total. The smallest absolute Gasteiger partial charge is 0.240 e. The molecule has 24 heavy (non-hydrogen) atoms. The van der Waals surface area contributed by atoms with Crippen molar-refractivity contribution < 1.29 is 4.79 Å². The van der Waals surface area contributed by atoms with Gasteiger partial charge in [-0.2, -0.15) is 5.10 Å². The van der Waals surface area contributed by atoms with Gasteiger partial charge in [0.2, 0.25) is 5.91 Å². The number of aromatic nitrogens is 1. The zero-order valence-corrected chi connectivity index (χ0v) is 14.4. The zero-order chi connectivity index (χ0) is 17.0. The first-order valence-corrected chi connectivity index (χ1v) is 8.45. The van der Waals surface area contributed by atoms with Crippen LogP contribution in [0.3, 0.4) is 0 Å². The topological polar surface area (TPSA) is 66.7 Å². The summed E-state index contributed by atoms with van der Waals surface area (Å²) in [4.78, 5) is 16.6. The molecule has 0 unspecified atom stereocenters. The van der Waals surface area contributed by atoms with Crippen molar-refractivity contribution in [2.75, 3.05) is 5.32 Å². The largest absolute Gasteiger partial charge is 0.325 e. The SMILES string of the molecule is CC(C)(SC1=NN=C(c2cccnc2)C1)C(=O)Nc1ccccc1. The molecule has 1 aromatic carbocycles. The standard InChI is InChI=1S/C18H18N4OS/c1-18(2,17(23)20-14-8-4-3-5-9-14)24-16-11-15(21-22-16)13-7-6-10-19-12-13/h3-10,12H,11H2,1-2H3,(H,20,23). The van der Waals surface area contributed by atoms with Gasteiger partial charge in [-0.25, -0.2) is 0 Å². The summed E-state index contributed by atoms with van der Waals surface area (Å²) in [6.45, 7) is 3.78. The molecule has 1 aliphatic rings. The van der Waals surface area contributed by atoms with Crippen LogP contribution >= 0.6 is 11.8 Å². The molecular formula is C18H18N4OS. The van der Waals surface area contributed by atoms with E-state index in [2.05, 4.69) is 20.5 Å². The van der Waals surface area contributed by atoms with E-state index in [1.807, 2.05) is 56.3 Å². The second-order valence-corrected chi connectivity index (χ2v) is 7.59. The van der Waals surface area contributed by atoms with Crippen LogP contribution in [0.1, 0.15) is 25.8 Å². The molecule has 0 spiro atoms. The van der Waals surface area contributed by atoms with Gasteiger partial charge in [0.25, 0.3) is 0 Å². The summed E-state index contributed by atoms with van der Waals surface area (Å²) in [5.74, 6) is -0.0590. The number of hydrogen-bond donors (Lipinski definition) is 1. The van der Waals surface area contributed by atoms with Crippen LogP contribution in [0.4, 0.5) is 5.69 Å². The van der Waals surface area contributed by atoms with Crippen molar-refractivity contribution in [3.8, 4) is 0 Å². The van der Waals surface area contributed by atoms with Crippen molar-refractivity contribution in [1.82, 2.24) is 4.98 Å². The van der Waals surface area contributed by atoms with Crippen molar-refractivity contribution in [3.05, 3.63) is 60.4 Å². The van der Waals surface area contributed by atoms with Crippen molar-refractivity contribution >= 4 is 34.1 Å². The van der Waals surface area contributed by atoms with Gasteiger partial charge in [-0.1, -0.05) is 30.0 Å². The predicted octanol–water partition coefficient (Wildman–Crippen LogP) is 3.74. The Bertz CT molecular complexity index is 785. The zero-order valence-electron chi connectivity index (χ0n) is 13.6. The van der Waals surface area contributed by atoms with Gasteiger partial charge in [0.05, 0.1) is 10.5 Å². The third-order valence-corrected chi connectivity index (χ3v) is 4.70. The molecule has 0 fully saturated rings. The number of thioether (sulfide) groups is 1. The lowest BCUT2D eigenvalue weighted by Gasteiger charge is -2.22. The van der Waals surface area contributed by atoms with E-state index in [9.17, 15) is 4.79 Å². The molecule has 5 nitrogen and oxygen atoms in total. The van der Waals surface area contributed by atoms with Gasteiger partial charge in [0.15, 0.2) is 0 Å². The Morgan fingerprint density at radius 3 is 2.62 bits per heavy atom. The fraction of sp³-hybridized carbons (Fsp3) is 0.222. The fourth-order valence-electron chi connectivity index (χ4n) is 2.22. The number of amides is 1. The first-order valence-electron chi connectivity index (χ1n) is 7.64. The highest BCUT2D eigenvalue weighted by Gasteiger charge is 2.32. The molecule has 1 aliphatic heterocycles. The Kier molecular flexibility index (Phi) is 4.76. The van der Waals surface area contributed by atoms with Crippen LogP contribution in [-0.4, -0.2) is 26.4 Å². The first-order chi connectivity index (χ1) is 11.5. The average Bonchev–Trinajstić information content (AvgIpc) is 3.04. The summed E-state index contributed by atoms with van der Waals surface area (Å²) < 4.78 is -0.644. The molecule has 1 amide bonds. The number of anilines is 1. The molecule has 3 rings (SSSR count). The minimum absolute atomic E-state index is 0.0590. The molecule has 0 aliphatic carbocycles. The summed E-state index contributed by atoms with van der Waals surface area (Å²) in [7, 11) is 0. The van der Waals surface area contributed by atoms with E-state index in [-0.39, 0.29) is 5.91 Å². The first kappa shape index (κ1) is 16.4. The molecule has 0 saturated heterocycles. The lowest BCUT2D eigenvalue weighted by Crippen LogP contribution is -2.35. The number of nitrogens with one attached hydrogen (secondary N) is 1. The number of benzene rings is 1. The lowest BCUT2D eigenvalue weighted by atomic mass is 10.1. The number of para-hydroxylation sites is 1. The highest BCUT2D eigenvalue weighted by atomic mass is 32.2. The number of nitrogens with zero attached hydrogens (tertiary/aromatic N) is 3. The van der Waals surface area contributed by atoms with E-state index in [0.717, 1.165) is 22.0 Å². The second kappa shape index (κ2) is 6.97. The van der Waals surface area contributed by atoms with Gasteiger partial charge in [-0.05, 0) is 38.1 Å². The van der Waals surface area contributed by atoms with Gasteiger partial charge in [-0.15, -0.1) is 5.10 Å². The summed E-state index contributed by atoms with van der Waals surface area (Å²) in [6.07, 6.45) is 4.13. The summed E-state index contributed by atoms with van der Waals surface area (Å²) >= 11 is 1.44. The number of carbonyl (C=O) groups excluding carboxylic acids is 1. The number of pyridine rings is 1. The maximum atomic E-state index is 12.5.